The summed E-state index contributed by atoms with van der Waals surface area (Å²) in [6.45, 7) is 15.9. The van der Waals surface area contributed by atoms with E-state index in [1.54, 1.807) is 12.1 Å². The van der Waals surface area contributed by atoms with E-state index < -0.39 is 16.5 Å². The van der Waals surface area contributed by atoms with Gasteiger partial charge >= 0.3 is 0 Å². The van der Waals surface area contributed by atoms with E-state index in [-0.39, 0.29) is 11.8 Å². The Morgan fingerprint density at radius 1 is 0.724 bits per heavy atom. The predicted molar refractivity (Wildman–Crippen MR) is 128 cm³/mol. The molecule has 0 radical (unpaired) electrons. The third kappa shape index (κ3) is 4.30. The number of carbonyl (C=O) groups is 2. The Morgan fingerprint density at radius 3 is 1.45 bits per heavy atom. The van der Waals surface area contributed by atoms with Gasteiger partial charge in [-0.2, -0.15) is 0 Å². The molecule has 162 valence electrons. The summed E-state index contributed by atoms with van der Waals surface area (Å²) < 4.78 is 3.03. The maximum Gasteiger partial charge on any atom is 0.261 e. The number of amides is 2. The standard InChI is InChI=1S/C23H40N2O2Si2/c1-7-28(8-2,9-3)25(29(10-4,11-5)12-6)19-15-18-24-22(26)20-16-13-14-17-21(20)23(24)27/h13-14,16-17H,7-12,15,18-19H2,1-6H3. The molecule has 0 atom stereocenters. The number of hydrogen-bond donors (Lipinski definition) is 0. The maximum absolute atomic E-state index is 12.7. The van der Waals surface area contributed by atoms with Crippen LogP contribution in [-0.2, 0) is 0 Å². The Kier molecular flexibility index (Phi) is 8.43. The summed E-state index contributed by atoms with van der Waals surface area (Å²) >= 11 is 0. The molecule has 0 aliphatic carbocycles. The van der Waals surface area contributed by atoms with Crippen molar-refractivity contribution in [1.82, 2.24) is 9.13 Å². The van der Waals surface area contributed by atoms with E-state index in [9.17, 15) is 9.59 Å². The van der Waals surface area contributed by atoms with Crippen LogP contribution in [0.5, 0.6) is 0 Å². The van der Waals surface area contributed by atoms with Crippen molar-refractivity contribution in [1.29, 1.82) is 0 Å². The Hall–Kier alpha value is -1.25. The van der Waals surface area contributed by atoms with E-state index in [1.807, 2.05) is 12.1 Å². The minimum absolute atomic E-state index is 0.118. The first-order chi connectivity index (χ1) is 13.9. The molecule has 0 saturated heterocycles. The van der Waals surface area contributed by atoms with Crippen molar-refractivity contribution in [3.05, 3.63) is 35.4 Å². The Morgan fingerprint density at radius 2 is 1.10 bits per heavy atom. The lowest BCUT2D eigenvalue weighted by Crippen LogP contribution is -2.66. The molecular weight excluding hydrogens is 392 g/mol. The summed E-state index contributed by atoms with van der Waals surface area (Å²) in [4.78, 5) is 26.9. The lowest BCUT2D eigenvalue weighted by Gasteiger charge is -2.52. The van der Waals surface area contributed by atoms with Gasteiger partial charge in [0.2, 0.25) is 0 Å². The van der Waals surface area contributed by atoms with Crippen LogP contribution in [0.2, 0.25) is 36.3 Å². The highest BCUT2D eigenvalue weighted by Crippen LogP contribution is 2.36. The van der Waals surface area contributed by atoms with Crippen LogP contribution >= 0.6 is 0 Å². The van der Waals surface area contributed by atoms with Gasteiger partial charge in [0, 0.05) is 6.54 Å². The minimum Gasteiger partial charge on any atom is -0.345 e. The Bertz CT molecular complexity index is 643. The van der Waals surface area contributed by atoms with Crippen molar-refractivity contribution in [2.45, 2.75) is 84.2 Å². The number of benzene rings is 1. The van der Waals surface area contributed by atoms with Crippen LogP contribution in [0.1, 0.15) is 68.7 Å². The highest BCUT2D eigenvalue weighted by Gasteiger charge is 2.45. The molecule has 1 aromatic carbocycles. The third-order valence-corrected chi connectivity index (χ3v) is 21.2. The first kappa shape index (κ1) is 24.0. The topological polar surface area (TPSA) is 40.6 Å². The average molecular weight is 433 g/mol. The molecule has 29 heavy (non-hydrogen) atoms. The van der Waals surface area contributed by atoms with Gasteiger partial charge in [0.05, 0.1) is 11.1 Å². The lowest BCUT2D eigenvalue weighted by atomic mass is 10.1. The van der Waals surface area contributed by atoms with Crippen LogP contribution < -0.4 is 0 Å². The minimum atomic E-state index is -1.51. The van der Waals surface area contributed by atoms with Gasteiger partial charge in [0.25, 0.3) is 11.8 Å². The van der Waals surface area contributed by atoms with Crippen LogP contribution in [0.25, 0.3) is 0 Å². The largest absolute Gasteiger partial charge is 0.345 e. The molecule has 0 N–H and O–H groups in total. The monoisotopic (exact) mass is 432 g/mol. The molecule has 0 unspecified atom stereocenters. The van der Waals surface area contributed by atoms with Gasteiger partial charge in [0.1, 0.15) is 16.5 Å². The summed E-state index contributed by atoms with van der Waals surface area (Å²) in [5.41, 5.74) is 1.13. The van der Waals surface area contributed by atoms with Crippen LogP contribution in [0.4, 0.5) is 0 Å². The van der Waals surface area contributed by atoms with Crippen LogP contribution in [-0.4, -0.2) is 50.5 Å². The fourth-order valence-electron chi connectivity index (χ4n) is 5.45. The van der Waals surface area contributed by atoms with Crippen molar-refractivity contribution in [2.24, 2.45) is 0 Å². The molecule has 1 aromatic rings. The zero-order chi connectivity index (χ0) is 21.7. The van der Waals surface area contributed by atoms with E-state index in [0.717, 1.165) is 13.0 Å². The van der Waals surface area contributed by atoms with Gasteiger partial charge in [-0.25, -0.2) is 0 Å². The number of nitrogens with zero attached hydrogens (tertiary/aromatic N) is 2. The molecular formula is C23H40N2O2Si2. The van der Waals surface area contributed by atoms with Gasteiger partial charge < -0.3 is 4.23 Å². The van der Waals surface area contributed by atoms with E-state index in [1.165, 1.54) is 41.2 Å². The quantitative estimate of drug-likeness (QED) is 0.301. The molecule has 2 rings (SSSR count). The zero-order valence-corrected chi connectivity index (χ0v) is 21.4. The maximum atomic E-state index is 12.7. The zero-order valence-electron chi connectivity index (χ0n) is 19.4. The van der Waals surface area contributed by atoms with E-state index >= 15 is 0 Å². The molecule has 0 spiro atoms. The molecule has 6 heteroatoms. The summed E-state index contributed by atoms with van der Waals surface area (Å²) in [5.74, 6) is -0.237. The van der Waals surface area contributed by atoms with E-state index in [0.29, 0.717) is 17.7 Å². The molecule has 1 aliphatic rings. The second-order valence-corrected chi connectivity index (χ2v) is 19.0. The molecule has 0 saturated carbocycles. The third-order valence-electron chi connectivity index (χ3n) is 7.74. The van der Waals surface area contributed by atoms with Crippen molar-refractivity contribution < 1.29 is 9.59 Å². The fourth-order valence-corrected chi connectivity index (χ4v) is 18.9. The van der Waals surface area contributed by atoms with Gasteiger partial charge in [-0.15, -0.1) is 0 Å². The summed E-state index contributed by atoms with van der Waals surface area (Å²) in [6.07, 6.45) is 0.884. The van der Waals surface area contributed by atoms with E-state index in [4.69, 9.17) is 0 Å². The molecule has 1 aliphatic heterocycles. The highest BCUT2D eigenvalue weighted by atomic mass is 28.4. The molecule has 1 heterocycles. The van der Waals surface area contributed by atoms with Crippen molar-refractivity contribution in [3.8, 4) is 0 Å². The van der Waals surface area contributed by atoms with Crippen molar-refractivity contribution in [3.63, 3.8) is 0 Å². The molecule has 0 aromatic heterocycles. The van der Waals surface area contributed by atoms with E-state index in [2.05, 4.69) is 45.8 Å². The van der Waals surface area contributed by atoms with Crippen molar-refractivity contribution in [2.75, 3.05) is 13.1 Å². The predicted octanol–water partition coefficient (Wildman–Crippen LogP) is 5.99. The second-order valence-electron chi connectivity index (χ2n) is 8.38. The first-order valence-electron chi connectivity index (χ1n) is 11.6. The van der Waals surface area contributed by atoms with Gasteiger partial charge in [-0.3, -0.25) is 14.5 Å². The Labute approximate surface area is 179 Å². The first-order valence-corrected chi connectivity index (χ1v) is 16.8. The summed E-state index contributed by atoms with van der Waals surface area (Å²) in [5, 5.41) is 0. The van der Waals surface area contributed by atoms with Crippen LogP contribution in [0.3, 0.4) is 0 Å². The lowest BCUT2D eigenvalue weighted by molar-refractivity contribution is 0.0652. The molecule has 0 fully saturated rings. The SMILES string of the molecule is CC[Si](CC)(CC)N(CCCN1C(=O)c2ccccc2C1=O)[Si](CC)(CC)CC. The normalized spacial score (nSPS) is 14.8. The highest BCUT2D eigenvalue weighted by molar-refractivity contribution is 6.92. The fraction of sp³-hybridized carbons (Fsp3) is 0.652. The van der Waals surface area contributed by atoms with Crippen molar-refractivity contribution >= 4 is 28.3 Å². The van der Waals surface area contributed by atoms with Gasteiger partial charge in [-0.1, -0.05) is 53.7 Å². The number of carbonyl (C=O) groups excluding carboxylic acids is 2. The van der Waals surface area contributed by atoms with Gasteiger partial charge in [-0.05, 0) is 61.4 Å². The molecule has 0 bridgehead atoms. The van der Waals surface area contributed by atoms with Crippen LogP contribution in [0, 0.1) is 0 Å². The number of rotatable bonds is 12. The van der Waals surface area contributed by atoms with Gasteiger partial charge in [0.15, 0.2) is 0 Å². The summed E-state index contributed by atoms with van der Waals surface area (Å²) in [7, 11) is -3.03. The Balaban J connectivity index is 2.21. The number of hydrogen-bond acceptors (Lipinski definition) is 3. The van der Waals surface area contributed by atoms with Crippen LogP contribution in [0.15, 0.2) is 24.3 Å². The average Bonchev–Trinajstić information content (AvgIpc) is 3.01. The number of imide groups is 1. The smallest absolute Gasteiger partial charge is 0.261 e. The number of fused-ring (bicyclic) bond motifs is 1. The molecule has 2 amide bonds. The summed E-state index contributed by atoms with van der Waals surface area (Å²) in [6, 6.07) is 15.0. The second kappa shape index (κ2) is 10.2. The molecule has 4 nitrogen and oxygen atoms in total.